The number of ether oxygens (including phenoxy) is 1. The summed E-state index contributed by atoms with van der Waals surface area (Å²) >= 11 is 0. The van der Waals surface area contributed by atoms with Crippen molar-refractivity contribution >= 4 is 33.4 Å². The minimum absolute atomic E-state index is 0.0230. The normalized spacial score (nSPS) is 24.6. The summed E-state index contributed by atoms with van der Waals surface area (Å²) in [7, 11) is -2.33. The van der Waals surface area contributed by atoms with Gasteiger partial charge in [0.25, 0.3) is 0 Å². The van der Waals surface area contributed by atoms with Gasteiger partial charge in [-0.2, -0.15) is 0 Å². The monoisotopic (exact) mass is 769 g/mol. The maximum Gasteiger partial charge on any atom is 0.407 e. The molecule has 2 aromatic rings. The van der Waals surface area contributed by atoms with Gasteiger partial charge in [-0.1, -0.05) is 25.1 Å². The number of likely N-dealkylation sites (tertiary alicyclic amines) is 2. The number of methoxy groups -OCH3 is 1. The highest BCUT2D eigenvalue weighted by molar-refractivity contribution is 7.92. The van der Waals surface area contributed by atoms with Crippen LogP contribution < -0.4 is 15.5 Å². The molecule has 0 bridgehead atoms. The molecule has 0 radical (unpaired) electrons. The number of piperidine rings is 2. The third-order valence-corrected chi connectivity index (χ3v) is 14.5. The first-order chi connectivity index (χ1) is 25.8. The van der Waals surface area contributed by atoms with Crippen molar-refractivity contribution in [2.75, 3.05) is 64.4 Å². The van der Waals surface area contributed by atoms with Crippen LogP contribution in [-0.2, 0) is 29.6 Å². The van der Waals surface area contributed by atoms with Crippen molar-refractivity contribution in [3.05, 3.63) is 72.6 Å². The minimum atomic E-state index is -3.66. The van der Waals surface area contributed by atoms with Crippen molar-refractivity contribution in [2.45, 2.75) is 79.1 Å². The fraction of sp³-hybridized carbons (Fsp3) is 0.575. The van der Waals surface area contributed by atoms with E-state index < -0.39 is 32.3 Å². The van der Waals surface area contributed by atoms with Gasteiger partial charge in [0.1, 0.15) is 5.82 Å². The Hall–Kier alpha value is -4.04. The number of nitrogens with zero attached hydrogens (tertiary/aromatic N) is 3. The number of carbonyl (C=O) groups is 3. The lowest BCUT2D eigenvalue weighted by atomic mass is 9.58. The molecule has 0 aromatic heterocycles. The van der Waals surface area contributed by atoms with Gasteiger partial charge < -0.3 is 25.2 Å². The number of sulfone groups is 1. The number of alkyl halides is 1. The first-order valence-electron chi connectivity index (χ1n) is 19.0. The standard InChI is InChI=1S/C40H53F2N5O6S/c1-4-37(49)46-19-7-10-34(23-46)54(51,52)33-15-13-32(14-16-33)47-26-39(42,27-47)25-45-20-17-29(18-21-45)40(24-43-28(2)48,30-8-5-9-31(41)22-30)35-11-6-12-36(35)44-38(50)53-3/h4-5,8-9,13-16,22,29,34-36H,1,6-7,10-12,17-21,23-27H2,2-3H3,(H,43,48)(H,44,50)/t34-,35+,36+,40+/m1/s1. The number of rotatable bonds is 12. The Morgan fingerprint density at radius 2 is 1.74 bits per heavy atom. The summed E-state index contributed by atoms with van der Waals surface area (Å²) in [5.41, 5.74) is -0.589. The number of alkyl carbamates (subject to hydrolysis) is 1. The van der Waals surface area contributed by atoms with Gasteiger partial charge in [-0.3, -0.25) is 14.5 Å². The second-order valence-electron chi connectivity index (χ2n) is 15.6. The lowest BCUT2D eigenvalue weighted by Crippen LogP contribution is -2.65. The van der Waals surface area contributed by atoms with E-state index >= 15 is 4.39 Å². The molecular weight excluding hydrogens is 717 g/mol. The Bertz CT molecular complexity index is 1800. The number of halogens is 2. The number of anilines is 1. The summed E-state index contributed by atoms with van der Waals surface area (Å²) in [6, 6.07) is 12.9. The van der Waals surface area contributed by atoms with Gasteiger partial charge >= 0.3 is 6.09 Å². The highest BCUT2D eigenvalue weighted by Crippen LogP contribution is 2.50. The van der Waals surface area contributed by atoms with Crippen LogP contribution in [0, 0.1) is 17.7 Å². The lowest BCUT2D eigenvalue weighted by Gasteiger charge is -2.52. The van der Waals surface area contributed by atoms with Crippen LogP contribution in [0.4, 0.5) is 19.3 Å². The van der Waals surface area contributed by atoms with Crippen LogP contribution in [-0.4, -0.2) is 113 Å². The fourth-order valence-electron chi connectivity index (χ4n) is 9.63. The van der Waals surface area contributed by atoms with Gasteiger partial charge in [0.05, 0.1) is 30.3 Å². The molecule has 14 heteroatoms. The molecule has 1 saturated carbocycles. The van der Waals surface area contributed by atoms with Crippen molar-refractivity contribution in [1.82, 2.24) is 20.4 Å². The number of amides is 3. The molecule has 6 rings (SSSR count). The summed E-state index contributed by atoms with van der Waals surface area (Å²) in [5, 5.41) is 5.39. The Labute approximate surface area is 317 Å². The predicted molar refractivity (Wildman–Crippen MR) is 202 cm³/mol. The van der Waals surface area contributed by atoms with Crippen LogP contribution in [0.5, 0.6) is 0 Å². The minimum Gasteiger partial charge on any atom is -0.453 e. The molecule has 4 aliphatic rings. The average molecular weight is 770 g/mol. The third kappa shape index (κ3) is 8.29. The van der Waals surface area contributed by atoms with E-state index in [4.69, 9.17) is 4.74 Å². The molecular formula is C40H53F2N5O6S. The number of carbonyl (C=O) groups excluding carboxylic acids is 3. The van der Waals surface area contributed by atoms with Crippen LogP contribution in [0.1, 0.15) is 57.4 Å². The predicted octanol–water partition coefficient (Wildman–Crippen LogP) is 4.62. The molecule has 1 aliphatic carbocycles. The first-order valence-corrected chi connectivity index (χ1v) is 20.6. The van der Waals surface area contributed by atoms with E-state index in [-0.39, 0.29) is 73.1 Å². The number of hydrogen-bond donors (Lipinski definition) is 2. The molecule has 0 unspecified atom stereocenters. The van der Waals surface area contributed by atoms with E-state index in [1.807, 2.05) is 11.0 Å². The Kier molecular flexibility index (Phi) is 12.0. The second kappa shape index (κ2) is 16.4. The largest absolute Gasteiger partial charge is 0.453 e. The van der Waals surface area contributed by atoms with Gasteiger partial charge in [-0.25, -0.2) is 22.0 Å². The summed E-state index contributed by atoms with van der Waals surface area (Å²) < 4.78 is 62.9. The highest BCUT2D eigenvalue weighted by Gasteiger charge is 2.53. The van der Waals surface area contributed by atoms with Crippen LogP contribution in [0.3, 0.4) is 0 Å². The Morgan fingerprint density at radius 1 is 1.02 bits per heavy atom. The maximum atomic E-state index is 16.2. The molecule has 294 valence electrons. The van der Waals surface area contributed by atoms with Crippen LogP contribution in [0.15, 0.2) is 66.1 Å². The van der Waals surface area contributed by atoms with Gasteiger partial charge in [-0.05, 0) is 111 Å². The van der Waals surface area contributed by atoms with E-state index in [1.165, 1.54) is 31.1 Å². The van der Waals surface area contributed by atoms with Gasteiger partial charge in [0.2, 0.25) is 11.8 Å². The van der Waals surface area contributed by atoms with E-state index in [1.54, 1.807) is 36.4 Å². The zero-order chi connectivity index (χ0) is 38.7. The molecule has 3 amide bonds. The molecule has 3 saturated heterocycles. The van der Waals surface area contributed by atoms with E-state index in [0.717, 1.165) is 30.5 Å². The van der Waals surface area contributed by atoms with E-state index in [0.29, 0.717) is 45.3 Å². The molecule has 4 fully saturated rings. The molecule has 54 heavy (non-hydrogen) atoms. The van der Waals surface area contributed by atoms with Crippen LogP contribution >= 0.6 is 0 Å². The SMILES string of the molecule is C=CC(=O)N1CCC[C@@H](S(=O)(=O)c2ccc(N3CC(F)(CN4CCC([C@@](CNC(C)=O)(c5cccc(F)c5)[C@H]5CCC[C@@H]5NC(=O)OC)CC4)C3)cc2)C1. The number of hydrogen-bond acceptors (Lipinski definition) is 8. The second-order valence-corrected chi connectivity index (χ2v) is 17.8. The van der Waals surface area contributed by atoms with Crippen molar-refractivity contribution < 1.29 is 36.3 Å². The molecule has 3 heterocycles. The summed E-state index contributed by atoms with van der Waals surface area (Å²) in [4.78, 5) is 42.6. The zero-order valence-corrected chi connectivity index (χ0v) is 32.1. The van der Waals surface area contributed by atoms with Gasteiger partial charge in [0.15, 0.2) is 15.5 Å². The zero-order valence-electron chi connectivity index (χ0n) is 31.3. The summed E-state index contributed by atoms with van der Waals surface area (Å²) in [5.74, 6) is -0.889. The average Bonchev–Trinajstić information content (AvgIpc) is 3.62. The van der Waals surface area contributed by atoms with Crippen molar-refractivity contribution in [2.24, 2.45) is 11.8 Å². The molecule has 3 aliphatic heterocycles. The molecule has 4 atom stereocenters. The Balaban J connectivity index is 1.11. The van der Waals surface area contributed by atoms with Gasteiger partial charge in [0, 0.05) is 50.2 Å². The van der Waals surface area contributed by atoms with E-state index in [2.05, 4.69) is 22.1 Å². The van der Waals surface area contributed by atoms with Gasteiger partial charge in [-0.15, -0.1) is 0 Å². The Morgan fingerprint density at radius 3 is 2.39 bits per heavy atom. The summed E-state index contributed by atoms with van der Waals surface area (Å²) in [6.45, 7) is 7.78. The highest BCUT2D eigenvalue weighted by atomic mass is 32.2. The van der Waals surface area contributed by atoms with Crippen molar-refractivity contribution in [3.8, 4) is 0 Å². The van der Waals surface area contributed by atoms with Crippen molar-refractivity contribution in [1.29, 1.82) is 0 Å². The molecule has 11 nitrogen and oxygen atoms in total. The topological polar surface area (TPSA) is 128 Å². The van der Waals surface area contributed by atoms with Crippen molar-refractivity contribution in [3.63, 3.8) is 0 Å². The third-order valence-electron chi connectivity index (χ3n) is 12.3. The number of nitrogens with one attached hydrogen (secondary N) is 2. The smallest absolute Gasteiger partial charge is 0.407 e. The first kappa shape index (κ1) is 39.6. The maximum absolute atomic E-state index is 16.2. The molecule has 2 N–H and O–H groups in total. The summed E-state index contributed by atoms with van der Waals surface area (Å²) in [6.07, 6.45) is 5.57. The lowest BCUT2D eigenvalue weighted by molar-refractivity contribution is -0.126. The quantitative estimate of drug-likeness (QED) is 0.300. The number of benzene rings is 2. The van der Waals surface area contributed by atoms with E-state index in [9.17, 15) is 27.2 Å². The van der Waals surface area contributed by atoms with Crippen LogP contribution in [0.25, 0.3) is 0 Å². The molecule has 0 spiro atoms. The van der Waals surface area contributed by atoms with Crippen LogP contribution in [0.2, 0.25) is 0 Å². The fourth-order valence-corrected chi connectivity index (χ4v) is 11.4. The molecule has 2 aromatic carbocycles.